The molecule has 1 atom stereocenters. The number of nitrogens with zero attached hydrogens (tertiary/aromatic N) is 1. The summed E-state index contributed by atoms with van der Waals surface area (Å²) < 4.78 is 5.41. The Bertz CT molecular complexity index is 322. The molecule has 0 aromatic carbocycles. The van der Waals surface area contributed by atoms with Gasteiger partial charge in [-0.2, -0.15) is 0 Å². The van der Waals surface area contributed by atoms with Gasteiger partial charge in [0.15, 0.2) is 0 Å². The van der Waals surface area contributed by atoms with Crippen LogP contribution in [-0.4, -0.2) is 40.3 Å². The van der Waals surface area contributed by atoms with Crippen molar-refractivity contribution < 1.29 is 19.4 Å². The summed E-state index contributed by atoms with van der Waals surface area (Å²) in [5, 5.41) is 8.67. The fraction of sp³-hybridized carbons (Fsp3) is 0.857. The Morgan fingerprint density at radius 2 is 2.00 bits per heavy atom. The van der Waals surface area contributed by atoms with Gasteiger partial charge in [-0.15, -0.1) is 0 Å². The van der Waals surface area contributed by atoms with Crippen LogP contribution in [0.3, 0.4) is 0 Å². The Morgan fingerprint density at radius 1 is 1.32 bits per heavy atom. The van der Waals surface area contributed by atoms with Gasteiger partial charge < -0.3 is 14.7 Å². The molecule has 0 aliphatic carbocycles. The number of ether oxygens (including phenoxy) is 1. The van der Waals surface area contributed by atoms with E-state index in [4.69, 9.17) is 9.84 Å². The van der Waals surface area contributed by atoms with Crippen molar-refractivity contribution in [2.45, 2.75) is 70.9 Å². The Morgan fingerprint density at radius 3 is 2.58 bits per heavy atom. The molecule has 0 radical (unpaired) electrons. The lowest BCUT2D eigenvalue weighted by molar-refractivity contribution is -0.137. The van der Waals surface area contributed by atoms with E-state index in [0.29, 0.717) is 13.0 Å². The SMILES string of the molecule is CC(C)(C)OC(=O)N1CCCC[C@H]1CCCC(=O)O. The fourth-order valence-electron chi connectivity index (χ4n) is 2.35. The second-order valence-corrected chi connectivity index (χ2v) is 6.11. The third-order valence-corrected chi connectivity index (χ3v) is 3.18. The van der Waals surface area contributed by atoms with Crippen molar-refractivity contribution in [3.8, 4) is 0 Å². The van der Waals surface area contributed by atoms with Crippen LogP contribution in [0.4, 0.5) is 4.79 Å². The van der Waals surface area contributed by atoms with Crippen LogP contribution >= 0.6 is 0 Å². The highest BCUT2D eigenvalue weighted by molar-refractivity contribution is 5.69. The molecule has 1 fully saturated rings. The zero-order valence-corrected chi connectivity index (χ0v) is 12.1. The number of hydrogen-bond donors (Lipinski definition) is 1. The van der Waals surface area contributed by atoms with Crippen molar-refractivity contribution in [3.05, 3.63) is 0 Å². The average molecular weight is 271 g/mol. The van der Waals surface area contributed by atoms with Crippen LogP contribution in [0, 0.1) is 0 Å². The second kappa shape index (κ2) is 6.78. The van der Waals surface area contributed by atoms with E-state index < -0.39 is 11.6 Å². The first-order valence-corrected chi connectivity index (χ1v) is 7.01. The molecule has 0 aromatic rings. The lowest BCUT2D eigenvalue weighted by Crippen LogP contribution is -2.46. The minimum absolute atomic E-state index is 0.128. The first-order valence-electron chi connectivity index (χ1n) is 7.01. The van der Waals surface area contributed by atoms with Gasteiger partial charge in [0.05, 0.1) is 0 Å². The third kappa shape index (κ3) is 5.94. The smallest absolute Gasteiger partial charge is 0.410 e. The molecule has 0 spiro atoms. The summed E-state index contributed by atoms with van der Waals surface area (Å²) in [5.74, 6) is -0.778. The van der Waals surface area contributed by atoms with Crippen molar-refractivity contribution in [2.24, 2.45) is 0 Å². The van der Waals surface area contributed by atoms with Crippen molar-refractivity contribution in [1.82, 2.24) is 4.90 Å². The lowest BCUT2D eigenvalue weighted by Gasteiger charge is -2.36. The van der Waals surface area contributed by atoms with E-state index in [1.165, 1.54) is 0 Å². The first-order chi connectivity index (χ1) is 8.79. The van der Waals surface area contributed by atoms with Crippen LogP contribution < -0.4 is 0 Å². The minimum atomic E-state index is -0.778. The molecule has 1 heterocycles. The van der Waals surface area contributed by atoms with E-state index in [-0.39, 0.29) is 18.6 Å². The highest BCUT2D eigenvalue weighted by atomic mass is 16.6. The zero-order valence-electron chi connectivity index (χ0n) is 12.1. The number of likely N-dealkylation sites (tertiary alicyclic amines) is 1. The highest BCUT2D eigenvalue weighted by Gasteiger charge is 2.30. The molecule has 0 unspecified atom stereocenters. The number of aliphatic carboxylic acids is 1. The summed E-state index contributed by atoms with van der Waals surface area (Å²) in [6.45, 7) is 6.28. The number of rotatable bonds is 4. The predicted octanol–water partition coefficient (Wildman–Crippen LogP) is 3.03. The van der Waals surface area contributed by atoms with E-state index in [1.54, 1.807) is 4.90 Å². The van der Waals surface area contributed by atoms with Crippen LogP contribution in [0.25, 0.3) is 0 Å². The monoisotopic (exact) mass is 271 g/mol. The molecule has 1 aliphatic rings. The largest absolute Gasteiger partial charge is 0.481 e. The normalized spacial score (nSPS) is 20.2. The summed E-state index contributed by atoms with van der Waals surface area (Å²) in [5.41, 5.74) is -0.486. The van der Waals surface area contributed by atoms with Crippen LogP contribution in [0.1, 0.15) is 59.3 Å². The van der Waals surface area contributed by atoms with Crippen LogP contribution in [0.15, 0.2) is 0 Å². The van der Waals surface area contributed by atoms with Crippen LogP contribution in [0.5, 0.6) is 0 Å². The maximum Gasteiger partial charge on any atom is 0.410 e. The zero-order chi connectivity index (χ0) is 14.5. The number of carboxylic acids is 1. The van der Waals surface area contributed by atoms with Crippen molar-refractivity contribution >= 4 is 12.1 Å². The van der Waals surface area contributed by atoms with Gasteiger partial charge in [0.2, 0.25) is 0 Å². The van der Waals surface area contributed by atoms with Crippen molar-refractivity contribution in [3.63, 3.8) is 0 Å². The van der Waals surface area contributed by atoms with E-state index in [9.17, 15) is 9.59 Å². The summed E-state index contributed by atoms with van der Waals surface area (Å²) >= 11 is 0. The molecule has 1 N–H and O–H groups in total. The average Bonchev–Trinajstić information content (AvgIpc) is 2.26. The molecule has 5 heteroatoms. The summed E-state index contributed by atoms with van der Waals surface area (Å²) in [4.78, 5) is 24.4. The quantitative estimate of drug-likeness (QED) is 0.853. The summed E-state index contributed by atoms with van der Waals surface area (Å²) in [7, 11) is 0. The van der Waals surface area contributed by atoms with Crippen LogP contribution in [0.2, 0.25) is 0 Å². The Balaban J connectivity index is 2.51. The number of carbonyl (C=O) groups excluding carboxylic acids is 1. The molecule has 0 saturated carbocycles. The second-order valence-electron chi connectivity index (χ2n) is 6.11. The molecule has 0 bridgehead atoms. The molecule has 1 amide bonds. The molecule has 1 rings (SSSR count). The van der Waals surface area contributed by atoms with Gasteiger partial charge in [0.1, 0.15) is 5.60 Å². The maximum absolute atomic E-state index is 12.1. The predicted molar refractivity (Wildman–Crippen MR) is 72.1 cm³/mol. The molecular weight excluding hydrogens is 246 g/mol. The van der Waals surface area contributed by atoms with Crippen molar-refractivity contribution in [1.29, 1.82) is 0 Å². The molecule has 19 heavy (non-hydrogen) atoms. The third-order valence-electron chi connectivity index (χ3n) is 3.18. The molecule has 5 nitrogen and oxygen atoms in total. The Kier molecular flexibility index (Phi) is 5.63. The van der Waals surface area contributed by atoms with Gasteiger partial charge in [-0.1, -0.05) is 0 Å². The van der Waals surface area contributed by atoms with Gasteiger partial charge in [-0.25, -0.2) is 4.79 Å². The van der Waals surface area contributed by atoms with E-state index >= 15 is 0 Å². The van der Waals surface area contributed by atoms with E-state index in [2.05, 4.69) is 0 Å². The summed E-state index contributed by atoms with van der Waals surface area (Å²) in [6, 6.07) is 0.128. The lowest BCUT2D eigenvalue weighted by atomic mass is 9.97. The van der Waals surface area contributed by atoms with Gasteiger partial charge >= 0.3 is 12.1 Å². The number of piperidine rings is 1. The van der Waals surface area contributed by atoms with Gasteiger partial charge in [-0.05, 0) is 52.9 Å². The molecule has 1 saturated heterocycles. The van der Waals surface area contributed by atoms with E-state index in [0.717, 1.165) is 25.7 Å². The van der Waals surface area contributed by atoms with Gasteiger partial charge in [-0.3, -0.25) is 4.79 Å². The van der Waals surface area contributed by atoms with E-state index in [1.807, 2.05) is 20.8 Å². The fourth-order valence-corrected chi connectivity index (χ4v) is 2.35. The molecule has 1 aliphatic heterocycles. The topological polar surface area (TPSA) is 66.8 Å². The Labute approximate surface area is 114 Å². The van der Waals surface area contributed by atoms with Crippen LogP contribution in [-0.2, 0) is 9.53 Å². The molecular formula is C14H25NO4. The maximum atomic E-state index is 12.1. The number of carbonyl (C=O) groups is 2. The molecule has 110 valence electrons. The van der Waals surface area contributed by atoms with Gasteiger partial charge in [0, 0.05) is 19.0 Å². The number of hydrogen-bond acceptors (Lipinski definition) is 3. The standard InChI is InChI=1S/C14H25NO4/c1-14(2,3)19-13(18)15-10-5-4-7-11(15)8-6-9-12(16)17/h11H,4-10H2,1-3H3,(H,16,17)/t11-/m0/s1. The minimum Gasteiger partial charge on any atom is -0.481 e. The highest BCUT2D eigenvalue weighted by Crippen LogP contribution is 2.23. The first kappa shape index (κ1) is 15.8. The Hall–Kier alpha value is -1.26. The number of amides is 1. The number of carboxylic acid groups (broad SMARTS) is 1. The van der Waals surface area contributed by atoms with Crippen molar-refractivity contribution in [2.75, 3.05) is 6.54 Å². The molecule has 0 aromatic heterocycles. The summed E-state index contributed by atoms with van der Waals surface area (Å²) in [6.07, 6.45) is 4.28. The van der Waals surface area contributed by atoms with Gasteiger partial charge in [0.25, 0.3) is 0 Å².